The SMILES string of the molecule is CC.CC.Cn1nc(S(=O)NC(=O)Nc2c3c(cc4c2CCC4)CCC3)cc1C(=O)O. The maximum atomic E-state index is 12.5. The Bertz CT molecular complexity index is 952. The second-order valence-corrected chi connectivity index (χ2v) is 8.02. The number of aryl methyl sites for hydroxylation is 3. The molecule has 2 aromatic rings. The molecule has 8 nitrogen and oxygen atoms in total. The molecule has 1 atom stereocenters. The summed E-state index contributed by atoms with van der Waals surface area (Å²) in [6.45, 7) is 8.00. The summed E-state index contributed by atoms with van der Waals surface area (Å²) in [6.07, 6.45) is 6.07. The molecule has 1 heterocycles. The molecule has 3 N–H and O–H groups in total. The van der Waals surface area contributed by atoms with Gasteiger partial charge < -0.3 is 10.4 Å². The van der Waals surface area contributed by atoms with Crippen molar-refractivity contribution in [3.63, 3.8) is 0 Å². The average molecular weight is 449 g/mol. The highest BCUT2D eigenvalue weighted by Crippen LogP contribution is 2.38. The van der Waals surface area contributed by atoms with Crippen molar-refractivity contribution in [3.05, 3.63) is 40.1 Å². The van der Waals surface area contributed by atoms with E-state index in [0.29, 0.717) is 0 Å². The Labute approximate surface area is 186 Å². The number of urea groups is 1. The number of fused-ring (bicyclic) bond motifs is 2. The van der Waals surface area contributed by atoms with Crippen LogP contribution in [0, 0.1) is 0 Å². The predicted molar refractivity (Wildman–Crippen MR) is 122 cm³/mol. The number of aromatic nitrogens is 2. The van der Waals surface area contributed by atoms with Crippen LogP contribution in [-0.2, 0) is 43.7 Å². The summed E-state index contributed by atoms with van der Waals surface area (Å²) in [5, 5.41) is 15.8. The highest BCUT2D eigenvalue weighted by Gasteiger charge is 2.25. The number of anilines is 1. The van der Waals surface area contributed by atoms with Crippen LogP contribution in [0.15, 0.2) is 17.2 Å². The van der Waals surface area contributed by atoms with Gasteiger partial charge in [-0.3, -0.25) is 9.40 Å². The van der Waals surface area contributed by atoms with Gasteiger partial charge in [-0.2, -0.15) is 5.10 Å². The van der Waals surface area contributed by atoms with Crippen LogP contribution in [0.3, 0.4) is 0 Å². The molecule has 0 aliphatic heterocycles. The first-order valence-electron chi connectivity index (χ1n) is 10.9. The predicted octanol–water partition coefficient (Wildman–Crippen LogP) is 3.99. The van der Waals surface area contributed by atoms with Gasteiger partial charge >= 0.3 is 12.0 Å². The van der Waals surface area contributed by atoms with E-state index in [-0.39, 0.29) is 10.7 Å². The summed E-state index contributed by atoms with van der Waals surface area (Å²) in [5.41, 5.74) is 5.72. The lowest BCUT2D eigenvalue weighted by Gasteiger charge is -2.16. The molecule has 0 fully saturated rings. The van der Waals surface area contributed by atoms with Crippen molar-refractivity contribution in [2.24, 2.45) is 7.05 Å². The maximum absolute atomic E-state index is 12.5. The van der Waals surface area contributed by atoms with Gasteiger partial charge in [0.05, 0.1) is 0 Å². The van der Waals surface area contributed by atoms with Crippen LogP contribution in [0.4, 0.5) is 10.5 Å². The van der Waals surface area contributed by atoms with E-state index in [0.717, 1.165) is 48.9 Å². The first-order valence-corrected chi connectivity index (χ1v) is 12.0. The quantitative estimate of drug-likeness (QED) is 0.654. The third kappa shape index (κ3) is 5.33. The molecule has 0 radical (unpaired) electrons. The monoisotopic (exact) mass is 448 g/mol. The number of carbonyl (C=O) groups excluding carboxylic acids is 1. The van der Waals surface area contributed by atoms with Gasteiger partial charge in [-0.05, 0) is 60.8 Å². The zero-order chi connectivity index (χ0) is 23.1. The topological polar surface area (TPSA) is 113 Å². The van der Waals surface area contributed by atoms with Gasteiger partial charge in [-0.15, -0.1) is 0 Å². The number of nitrogens with zero attached hydrogens (tertiary/aromatic N) is 2. The smallest absolute Gasteiger partial charge is 0.354 e. The number of aromatic carboxylic acids is 1. The minimum absolute atomic E-state index is 0.00595. The van der Waals surface area contributed by atoms with E-state index >= 15 is 0 Å². The Balaban J connectivity index is 0.000000807. The largest absolute Gasteiger partial charge is 0.477 e. The molecule has 0 saturated heterocycles. The van der Waals surface area contributed by atoms with Crippen molar-refractivity contribution in [2.45, 2.75) is 71.2 Å². The minimum Gasteiger partial charge on any atom is -0.477 e. The van der Waals surface area contributed by atoms with E-state index in [1.807, 2.05) is 27.7 Å². The van der Waals surface area contributed by atoms with E-state index in [9.17, 15) is 13.8 Å². The molecule has 170 valence electrons. The molecule has 2 aliphatic rings. The number of hydrogen-bond acceptors (Lipinski definition) is 4. The highest BCUT2D eigenvalue weighted by molar-refractivity contribution is 7.83. The van der Waals surface area contributed by atoms with Crippen LogP contribution in [-0.4, -0.2) is 31.1 Å². The molecule has 0 spiro atoms. The van der Waals surface area contributed by atoms with Crippen molar-refractivity contribution in [1.82, 2.24) is 14.5 Å². The van der Waals surface area contributed by atoms with Crippen molar-refractivity contribution >= 4 is 28.7 Å². The third-order valence-electron chi connectivity index (χ3n) is 5.16. The fourth-order valence-corrected chi connectivity index (χ4v) is 4.71. The average Bonchev–Trinajstić information content (AvgIpc) is 3.50. The van der Waals surface area contributed by atoms with Crippen LogP contribution in [0.5, 0.6) is 0 Å². The summed E-state index contributed by atoms with van der Waals surface area (Å²) < 4.78 is 15.8. The number of carbonyl (C=O) groups is 2. The number of rotatable bonds is 4. The maximum Gasteiger partial charge on any atom is 0.354 e. The normalized spacial score (nSPS) is 14.2. The van der Waals surface area contributed by atoms with Crippen molar-refractivity contribution in [3.8, 4) is 0 Å². The Morgan fingerprint density at radius 3 is 2.03 bits per heavy atom. The molecule has 1 aromatic carbocycles. The number of nitrogens with one attached hydrogen (secondary N) is 2. The van der Waals surface area contributed by atoms with Gasteiger partial charge in [0, 0.05) is 18.8 Å². The molecule has 4 rings (SSSR count). The summed E-state index contributed by atoms with van der Waals surface area (Å²) >= 11 is 0. The van der Waals surface area contributed by atoms with E-state index in [2.05, 4.69) is 21.2 Å². The van der Waals surface area contributed by atoms with Gasteiger partial charge in [0.2, 0.25) is 0 Å². The number of hydrogen-bond donors (Lipinski definition) is 3. The molecule has 2 aliphatic carbocycles. The summed E-state index contributed by atoms with van der Waals surface area (Å²) in [4.78, 5) is 23.5. The van der Waals surface area contributed by atoms with Gasteiger partial charge in [0.15, 0.2) is 16.0 Å². The molecule has 0 bridgehead atoms. The zero-order valence-electron chi connectivity index (χ0n) is 18.9. The Kier molecular flexibility index (Phi) is 8.79. The minimum atomic E-state index is -1.95. The molecular formula is C22H32N4O4S. The lowest BCUT2D eigenvalue weighted by atomic mass is 9.99. The van der Waals surface area contributed by atoms with Crippen molar-refractivity contribution in [2.75, 3.05) is 5.32 Å². The summed E-state index contributed by atoms with van der Waals surface area (Å²) in [5.74, 6) is -1.17. The summed E-state index contributed by atoms with van der Waals surface area (Å²) in [7, 11) is -0.502. The van der Waals surface area contributed by atoms with E-state index < -0.39 is 23.0 Å². The van der Waals surface area contributed by atoms with E-state index in [4.69, 9.17) is 5.11 Å². The van der Waals surface area contributed by atoms with Gasteiger partial charge in [0.25, 0.3) is 0 Å². The fraction of sp³-hybridized carbons (Fsp3) is 0.500. The van der Waals surface area contributed by atoms with E-state index in [1.54, 1.807) is 0 Å². The molecule has 1 aromatic heterocycles. The van der Waals surface area contributed by atoms with E-state index in [1.165, 1.54) is 35.4 Å². The zero-order valence-corrected chi connectivity index (χ0v) is 19.7. The second kappa shape index (κ2) is 11.1. The first kappa shape index (κ1) is 24.6. The van der Waals surface area contributed by atoms with Crippen LogP contribution < -0.4 is 10.0 Å². The molecule has 0 saturated carbocycles. The second-order valence-electron chi connectivity index (χ2n) is 6.86. The van der Waals surface area contributed by atoms with Crippen LogP contribution in [0.25, 0.3) is 0 Å². The van der Waals surface area contributed by atoms with Crippen LogP contribution in [0.2, 0.25) is 0 Å². The van der Waals surface area contributed by atoms with Gasteiger partial charge in [-0.1, -0.05) is 33.8 Å². The number of benzene rings is 1. The molecule has 9 heteroatoms. The fourth-order valence-electron chi connectivity index (χ4n) is 3.97. The molecular weight excluding hydrogens is 416 g/mol. The Morgan fingerprint density at radius 1 is 1.00 bits per heavy atom. The van der Waals surface area contributed by atoms with Crippen molar-refractivity contribution < 1.29 is 18.9 Å². The highest BCUT2D eigenvalue weighted by atomic mass is 32.2. The third-order valence-corrected chi connectivity index (χ3v) is 6.11. The standard InChI is InChI=1S/C18H20N4O4S.2C2H6/c1-22-14(17(23)24)9-15(20-22)27(26)21-18(25)19-16-12-6-2-4-10(12)8-11-5-3-7-13(11)16;2*1-2/h8-9H,2-7H2,1H3,(H,23,24)(H2,19,21,25);2*1-2H3. The lowest BCUT2D eigenvalue weighted by Crippen LogP contribution is -2.31. The number of amides is 2. The summed E-state index contributed by atoms with van der Waals surface area (Å²) in [6, 6.07) is 2.88. The lowest BCUT2D eigenvalue weighted by molar-refractivity contribution is 0.0685. The molecule has 1 unspecified atom stereocenters. The number of carboxylic acid groups (broad SMARTS) is 1. The van der Waals surface area contributed by atoms with Crippen LogP contribution >= 0.6 is 0 Å². The number of carboxylic acids is 1. The van der Waals surface area contributed by atoms with Gasteiger partial charge in [0.1, 0.15) is 5.69 Å². The van der Waals surface area contributed by atoms with Crippen LogP contribution in [0.1, 0.15) is 73.3 Å². The van der Waals surface area contributed by atoms with Crippen molar-refractivity contribution in [1.29, 1.82) is 0 Å². The Morgan fingerprint density at radius 2 is 1.55 bits per heavy atom. The van der Waals surface area contributed by atoms with Gasteiger partial charge in [-0.25, -0.2) is 13.8 Å². The molecule has 31 heavy (non-hydrogen) atoms. The molecule has 2 amide bonds. The Hall–Kier alpha value is -2.68. The first-order chi connectivity index (χ1) is 14.9.